The zero-order chi connectivity index (χ0) is 17.5. The average Bonchev–Trinajstić information content (AvgIpc) is 2.62. The van der Waals surface area contributed by atoms with Crippen LogP contribution in [0.25, 0.3) is 6.08 Å². The minimum absolute atomic E-state index is 0.226. The predicted molar refractivity (Wildman–Crippen MR) is 99.9 cm³/mol. The maximum absolute atomic E-state index is 12.0. The van der Waals surface area contributed by atoms with Crippen LogP contribution in [-0.2, 0) is 4.79 Å². The fourth-order valence-electron chi connectivity index (χ4n) is 2.11. The molecule has 0 saturated heterocycles. The van der Waals surface area contributed by atoms with Crippen LogP contribution >= 0.6 is 11.6 Å². The third kappa shape index (κ3) is 5.19. The van der Waals surface area contributed by atoms with Gasteiger partial charge in [-0.1, -0.05) is 29.8 Å². The maximum Gasteiger partial charge on any atom is 0.248 e. The Morgan fingerprint density at radius 2 is 1.76 bits per heavy atom. The normalized spacial score (nSPS) is 10.6. The Labute approximate surface area is 150 Å². The molecule has 0 radical (unpaired) electrons. The number of carbonyl (C=O) groups is 1. The Balaban J connectivity index is 1.63. The molecule has 1 amide bonds. The lowest BCUT2D eigenvalue weighted by Gasteiger charge is -2.07. The van der Waals surface area contributed by atoms with E-state index in [0.29, 0.717) is 22.2 Å². The molecule has 4 nitrogen and oxygen atoms in total. The first-order valence-corrected chi connectivity index (χ1v) is 7.99. The molecule has 0 aliphatic rings. The topological polar surface area (TPSA) is 51.2 Å². The fraction of sp³-hybridized carbons (Fsp3) is 0. The Bertz CT molecular complexity index is 878. The summed E-state index contributed by atoms with van der Waals surface area (Å²) in [6.07, 6.45) is 6.51. The van der Waals surface area contributed by atoms with Crippen molar-refractivity contribution in [3.63, 3.8) is 0 Å². The number of nitrogens with one attached hydrogen (secondary N) is 1. The summed E-state index contributed by atoms with van der Waals surface area (Å²) in [6, 6.07) is 18.0. The molecule has 5 heteroatoms. The summed E-state index contributed by atoms with van der Waals surface area (Å²) in [5.74, 6) is 1.09. The van der Waals surface area contributed by atoms with Gasteiger partial charge in [0.05, 0.1) is 0 Å². The van der Waals surface area contributed by atoms with Gasteiger partial charge in [-0.3, -0.25) is 9.78 Å². The zero-order valence-electron chi connectivity index (χ0n) is 13.2. The molecule has 3 rings (SSSR count). The number of pyridine rings is 1. The van der Waals surface area contributed by atoms with Crippen molar-refractivity contribution in [2.24, 2.45) is 0 Å². The molecule has 1 aromatic heterocycles. The van der Waals surface area contributed by atoms with E-state index in [-0.39, 0.29) is 5.91 Å². The van der Waals surface area contributed by atoms with Crippen LogP contribution in [0.4, 0.5) is 5.69 Å². The number of ether oxygens (including phenoxy) is 1. The van der Waals surface area contributed by atoms with Crippen molar-refractivity contribution in [2.45, 2.75) is 0 Å². The molecule has 0 saturated carbocycles. The summed E-state index contributed by atoms with van der Waals surface area (Å²) in [5.41, 5.74) is 1.55. The van der Waals surface area contributed by atoms with Gasteiger partial charge < -0.3 is 10.1 Å². The van der Waals surface area contributed by atoms with Crippen molar-refractivity contribution in [2.75, 3.05) is 5.32 Å². The monoisotopic (exact) mass is 350 g/mol. The summed E-state index contributed by atoms with van der Waals surface area (Å²) in [4.78, 5) is 16.0. The molecule has 0 unspecified atom stereocenters. The molecule has 0 spiro atoms. The first-order valence-electron chi connectivity index (χ1n) is 7.62. The molecule has 1 N–H and O–H groups in total. The van der Waals surface area contributed by atoms with Crippen molar-refractivity contribution in [3.8, 4) is 11.5 Å². The number of hydrogen-bond donors (Lipinski definition) is 1. The van der Waals surface area contributed by atoms with Crippen LogP contribution in [0.3, 0.4) is 0 Å². The standard InChI is InChI=1S/C20H15ClN2O2/c21-16-7-4-15(5-8-16)6-9-20(24)23-17-2-1-3-19(14-17)25-18-10-12-22-13-11-18/h1-14H,(H,23,24)/b9-6+. The summed E-state index contributed by atoms with van der Waals surface area (Å²) >= 11 is 5.84. The van der Waals surface area contributed by atoms with Crippen molar-refractivity contribution in [1.29, 1.82) is 0 Å². The molecule has 124 valence electrons. The second-order valence-electron chi connectivity index (χ2n) is 5.19. The lowest BCUT2D eigenvalue weighted by molar-refractivity contribution is -0.111. The molecule has 3 aromatic rings. The van der Waals surface area contributed by atoms with Crippen molar-refractivity contribution < 1.29 is 9.53 Å². The molecule has 0 bridgehead atoms. The minimum Gasteiger partial charge on any atom is -0.457 e. The molecule has 0 aliphatic heterocycles. The van der Waals surface area contributed by atoms with Gasteiger partial charge in [0.2, 0.25) is 5.91 Å². The molecule has 25 heavy (non-hydrogen) atoms. The molecule has 0 aliphatic carbocycles. The van der Waals surface area contributed by atoms with Crippen LogP contribution in [-0.4, -0.2) is 10.9 Å². The van der Waals surface area contributed by atoms with Gasteiger partial charge in [0.1, 0.15) is 11.5 Å². The molecule has 0 atom stereocenters. The third-order valence-corrected chi connectivity index (χ3v) is 3.54. The summed E-state index contributed by atoms with van der Waals surface area (Å²) in [6.45, 7) is 0. The number of aromatic nitrogens is 1. The number of benzene rings is 2. The van der Waals surface area contributed by atoms with Gasteiger partial charge >= 0.3 is 0 Å². The summed E-state index contributed by atoms with van der Waals surface area (Å²) in [7, 11) is 0. The predicted octanol–water partition coefficient (Wildman–Crippen LogP) is 5.18. The number of carbonyl (C=O) groups excluding carboxylic acids is 1. The lowest BCUT2D eigenvalue weighted by atomic mass is 10.2. The Kier molecular flexibility index (Phi) is 5.44. The first kappa shape index (κ1) is 16.7. The van der Waals surface area contributed by atoms with Crippen molar-refractivity contribution >= 4 is 29.3 Å². The fourth-order valence-corrected chi connectivity index (χ4v) is 2.24. The van der Waals surface area contributed by atoms with Gasteiger partial charge in [0.15, 0.2) is 0 Å². The van der Waals surface area contributed by atoms with E-state index < -0.39 is 0 Å². The number of rotatable bonds is 5. The molecule has 0 fully saturated rings. The zero-order valence-corrected chi connectivity index (χ0v) is 14.0. The smallest absolute Gasteiger partial charge is 0.248 e. The maximum atomic E-state index is 12.0. The Morgan fingerprint density at radius 3 is 2.52 bits per heavy atom. The van der Waals surface area contributed by atoms with Crippen LogP contribution < -0.4 is 10.1 Å². The van der Waals surface area contributed by atoms with E-state index in [1.54, 1.807) is 54.9 Å². The van der Waals surface area contributed by atoms with Crippen LogP contribution in [0.15, 0.2) is 79.1 Å². The van der Waals surface area contributed by atoms with Gasteiger partial charge in [-0.25, -0.2) is 0 Å². The van der Waals surface area contributed by atoms with Gasteiger partial charge in [0, 0.05) is 35.2 Å². The number of nitrogens with zero attached hydrogens (tertiary/aromatic N) is 1. The average molecular weight is 351 g/mol. The molecular formula is C20H15ClN2O2. The van der Waals surface area contributed by atoms with Gasteiger partial charge in [0.25, 0.3) is 0 Å². The van der Waals surface area contributed by atoms with E-state index in [0.717, 1.165) is 5.56 Å². The van der Waals surface area contributed by atoms with Crippen molar-refractivity contribution in [1.82, 2.24) is 4.98 Å². The second kappa shape index (κ2) is 8.13. The molecule has 2 aromatic carbocycles. The Hall–Kier alpha value is -3.11. The van der Waals surface area contributed by atoms with E-state index in [1.807, 2.05) is 24.3 Å². The number of hydrogen-bond acceptors (Lipinski definition) is 3. The van der Waals surface area contributed by atoms with Gasteiger partial charge in [-0.05, 0) is 48.0 Å². The van der Waals surface area contributed by atoms with Crippen LogP contribution in [0.5, 0.6) is 11.5 Å². The highest BCUT2D eigenvalue weighted by atomic mass is 35.5. The molecular weight excluding hydrogens is 336 g/mol. The third-order valence-electron chi connectivity index (χ3n) is 3.28. The Morgan fingerprint density at radius 1 is 1.00 bits per heavy atom. The summed E-state index contributed by atoms with van der Waals surface area (Å²) < 4.78 is 5.72. The van der Waals surface area contributed by atoms with E-state index in [9.17, 15) is 4.79 Å². The first-order chi connectivity index (χ1) is 12.2. The van der Waals surface area contributed by atoms with E-state index in [4.69, 9.17) is 16.3 Å². The van der Waals surface area contributed by atoms with Crippen LogP contribution in [0.2, 0.25) is 5.02 Å². The SMILES string of the molecule is O=C(/C=C/c1ccc(Cl)cc1)Nc1cccc(Oc2ccncc2)c1. The van der Waals surface area contributed by atoms with Crippen LogP contribution in [0.1, 0.15) is 5.56 Å². The largest absolute Gasteiger partial charge is 0.457 e. The highest BCUT2D eigenvalue weighted by molar-refractivity contribution is 6.30. The van der Waals surface area contributed by atoms with Crippen molar-refractivity contribution in [3.05, 3.63) is 89.7 Å². The van der Waals surface area contributed by atoms with E-state index in [1.165, 1.54) is 6.08 Å². The highest BCUT2D eigenvalue weighted by Gasteiger charge is 2.01. The minimum atomic E-state index is -0.226. The second-order valence-corrected chi connectivity index (χ2v) is 5.62. The van der Waals surface area contributed by atoms with Gasteiger partial charge in [-0.15, -0.1) is 0 Å². The van der Waals surface area contributed by atoms with E-state index >= 15 is 0 Å². The number of amides is 1. The highest BCUT2D eigenvalue weighted by Crippen LogP contribution is 2.23. The number of anilines is 1. The van der Waals surface area contributed by atoms with Crippen LogP contribution in [0, 0.1) is 0 Å². The quantitative estimate of drug-likeness (QED) is 0.645. The molecule has 1 heterocycles. The summed E-state index contributed by atoms with van der Waals surface area (Å²) in [5, 5.41) is 3.47. The van der Waals surface area contributed by atoms with E-state index in [2.05, 4.69) is 10.3 Å². The van der Waals surface area contributed by atoms with Gasteiger partial charge in [-0.2, -0.15) is 0 Å². The number of halogens is 1. The lowest BCUT2D eigenvalue weighted by Crippen LogP contribution is -2.07.